The lowest BCUT2D eigenvalue weighted by Gasteiger charge is -1.79. The van der Waals surface area contributed by atoms with Crippen LogP contribution in [-0.2, 0) is 6.42 Å². The molecular weight excluding hydrogens is 142 g/mol. The maximum atomic E-state index is 4.25. The van der Waals surface area contributed by atoms with Crippen LogP contribution in [0, 0.1) is 6.92 Å². The Morgan fingerprint density at radius 1 is 1.50 bits per heavy atom. The standard InChI is InChI=1S/C6H9NS.C2H6/c1-3-6-4-8-5(2)7-6;1-2/h4H,3H2,1-2H3;1-2H3. The summed E-state index contributed by atoms with van der Waals surface area (Å²) < 4.78 is 0. The van der Waals surface area contributed by atoms with Gasteiger partial charge in [0.15, 0.2) is 0 Å². The van der Waals surface area contributed by atoms with Gasteiger partial charge in [0.05, 0.1) is 10.7 Å². The van der Waals surface area contributed by atoms with E-state index in [0.29, 0.717) is 0 Å². The Kier molecular flexibility index (Phi) is 5.22. The molecule has 1 rings (SSSR count). The van der Waals surface area contributed by atoms with E-state index in [1.54, 1.807) is 11.3 Å². The minimum Gasteiger partial charge on any atom is -0.247 e. The zero-order valence-electron chi connectivity index (χ0n) is 7.14. The van der Waals surface area contributed by atoms with E-state index in [2.05, 4.69) is 17.3 Å². The molecule has 0 aromatic carbocycles. The summed E-state index contributed by atoms with van der Waals surface area (Å²) in [5, 5.41) is 3.27. The first-order valence-corrected chi connectivity index (χ1v) is 4.62. The molecule has 10 heavy (non-hydrogen) atoms. The monoisotopic (exact) mass is 157 g/mol. The van der Waals surface area contributed by atoms with Gasteiger partial charge in [-0.25, -0.2) is 4.98 Å². The molecule has 58 valence electrons. The summed E-state index contributed by atoms with van der Waals surface area (Å²) in [5.41, 5.74) is 1.22. The molecule has 0 N–H and O–H groups in total. The molecule has 0 unspecified atom stereocenters. The highest BCUT2D eigenvalue weighted by Crippen LogP contribution is 2.07. The molecule has 1 aromatic rings. The minimum atomic E-state index is 1.06. The normalized spacial score (nSPS) is 8.40. The molecule has 0 aliphatic rings. The lowest BCUT2D eigenvalue weighted by Crippen LogP contribution is -1.76. The predicted molar refractivity (Wildman–Crippen MR) is 47.6 cm³/mol. The van der Waals surface area contributed by atoms with Crippen molar-refractivity contribution in [3.8, 4) is 0 Å². The number of nitrogens with zero attached hydrogens (tertiary/aromatic N) is 1. The molecule has 0 saturated carbocycles. The van der Waals surface area contributed by atoms with Crippen LogP contribution in [-0.4, -0.2) is 4.98 Å². The fourth-order valence-electron chi connectivity index (χ4n) is 0.571. The van der Waals surface area contributed by atoms with Crippen molar-refractivity contribution in [2.45, 2.75) is 34.1 Å². The number of thiazole rings is 1. The van der Waals surface area contributed by atoms with Gasteiger partial charge in [-0.3, -0.25) is 0 Å². The van der Waals surface area contributed by atoms with E-state index >= 15 is 0 Å². The lowest BCUT2D eigenvalue weighted by atomic mass is 10.4. The van der Waals surface area contributed by atoms with Gasteiger partial charge in [0.1, 0.15) is 0 Å². The zero-order chi connectivity index (χ0) is 7.98. The van der Waals surface area contributed by atoms with Gasteiger partial charge in [0, 0.05) is 5.38 Å². The van der Waals surface area contributed by atoms with Crippen molar-refractivity contribution in [2.24, 2.45) is 0 Å². The van der Waals surface area contributed by atoms with Crippen molar-refractivity contribution in [3.05, 3.63) is 16.1 Å². The summed E-state index contributed by atoms with van der Waals surface area (Å²) in [6.45, 7) is 8.15. The number of aryl methyl sites for hydroxylation is 2. The molecule has 0 saturated heterocycles. The zero-order valence-corrected chi connectivity index (χ0v) is 7.96. The van der Waals surface area contributed by atoms with Gasteiger partial charge in [-0.05, 0) is 13.3 Å². The van der Waals surface area contributed by atoms with Gasteiger partial charge in [-0.15, -0.1) is 11.3 Å². The quantitative estimate of drug-likeness (QED) is 0.610. The Morgan fingerprint density at radius 3 is 2.30 bits per heavy atom. The third kappa shape index (κ3) is 2.97. The maximum Gasteiger partial charge on any atom is 0.0897 e. The molecule has 1 nitrogen and oxygen atoms in total. The van der Waals surface area contributed by atoms with Crippen LogP contribution in [0.1, 0.15) is 31.5 Å². The number of hydrogen-bond donors (Lipinski definition) is 0. The van der Waals surface area contributed by atoms with Crippen molar-refractivity contribution in [3.63, 3.8) is 0 Å². The Bertz CT molecular complexity index is 170. The second kappa shape index (κ2) is 5.42. The number of hydrogen-bond acceptors (Lipinski definition) is 2. The third-order valence-corrected chi connectivity index (χ3v) is 1.85. The fourth-order valence-corrected chi connectivity index (χ4v) is 1.27. The lowest BCUT2D eigenvalue weighted by molar-refractivity contribution is 1.04. The predicted octanol–water partition coefficient (Wildman–Crippen LogP) is 3.04. The molecule has 1 heterocycles. The molecule has 0 fully saturated rings. The van der Waals surface area contributed by atoms with Crippen molar-refractivity contribution >= 4 is 11.3 Å². The second-order valence-corrected chi connectivity index (χ2v) is 2.77. The summed E-state index contributed by atoms with van der Waals surface area (Å²) in [7, 11) is 0. The van der Waals surface area contributed by atoms with Crippen LogP contribution in [0.2, 0.25) is 0 Å². The second-order valence-electron chi connectivity index (χ2n) is 1.71. The Morgan fingerprint density at radius 2 is 2.10 bits per heavy atom. The third-order valence-electron chi connectivity index (χ3n) is 1.03. The van der Waals surface area contributed by atoms with Crippen LogP contribution < -0.4 is 0 Å². The first-order valence-electron chi connectivity index (χ1n) is 3.74. The van der Waals surface area contributed by atoms with E-state index in [4.69, 9.17) is 0 Å². The van der Waals surface area contributed by atoms with Crippen molar-refractivity contribution in [1.82, 2.24) is 4.98 Å². The average molecular weight is 157 g/mol. The van der Waals surface area contributed by atoms with Crippen LogP contribution in [0.4, 0.5) is 0 Å². The van der Waals surface area contributed by atoms with Crippen LogP contribution >= 0.6 is 11.3 Å². The van der Waals surface area contributed by atoms with E-state index in [-0.39, 0.29) is 0 Å². The van der Waals surface area contributed by atoms with Crippen molar-refractivity contribution < 1.29 is 0 Å². The van der Waals surface area contributed by atoms with E-state index in [0.717, 1.165) is 6.42 Å². The SMILES string of the molecule is CC.CCc1csc(C)n1. The summed E-state index contributed by atoms with van der Waals surface area (Å²) in [4.78, 5) is 4.25. The van der Waals surface area contributed by atoms with Crippen LogP contribution in [0.5, 0.6) is 0 Å². The molecule has 2 heteroatoms. The Hall–Kier alpha value is -0.370. The van der Waals surface area contributed by atoms with E-state index in [9.17, 15) is 0 Å². The van der Waals surface area contributed by atoms with E-state index in [1.165, 1.54) is 10.7 Å². The molecule has 0 bridgehead atoms. The highest BCUT2D eigenvalue weighted by atomic mass is 32.1. The van der Waals surface area contributed by atoms with Gasteiger partial charge in [0.2, 0.25) is 0 Å². The van der Waals surface area contributed by atoms with Crippen LogP contribution in [0.25, 0.3) is 0 Å². The molecule has 0 aliphatic heterocycles. The molecule has 0 atom stereocenters. The fraction of sp³-hybridized carbons (Fsp3) is 0.625. The molecule has 0 spiro atoms. The van der Waals surface area contributed by atoms with E-state index < -0.39 is 0 Å². The van der Waals surface area contributed by atoms with Crippen molar-refractivity contribution in [2.75, 3.05) is 0 Å². The largest absolute Gasteiger partial charge is 0.247 e. The first-order chi connectivity index (χ1) is 4.83. The molecule has 1 aromatic heterocycles. The highest BCUT2D eigenvalue weighted by molar-refractivity contribution is 7.09. The topological polar surface area (TPSA) is 12.9 Å². The summed E-state index contributed by atoms with van der Waals surface area (Å²) in [5.74, 6) is 0. The molecule has 0 amide bonds. The molecular formula is C8H15NS. The molecule has 0 aliphatic carbocycles. The number of rotatable bonds is 1. The Labute approximate surface area is 67.1 Å². The summed E-state index contributed by atoms with van der Waals surface area (Å²) >= 11 is 1.72. The number of aromatic nitrogens is 1. The first kappa shape index (κ1) is 9.63. The van der Waals surface area contributed by atoms with Gasteiger partial charge in [0.25, 0.3) is 0 Å². The van der Waals surface area contributed by atoms with Gasteiger partial charge >= 0.3 is 0 Å². The molecule has 0 radical (unpaired) electrons. The summed E-state index contributed by atoms with van der Waals surface area (Å²) in [6.07, 6.45) is 1.06. The van der Waals surface area contributed by atoms with Crippen molar-refractivity contribution in [1.29, 1.82) is 0 Å². The smallest absolute Gasteiger partial charge is 0.0897 e. The van der Waals surface area contributed by atoms with Crippen LogP contribution in [0.3, 0.4) is 0 Å². The minimum absolute atomic E-state index is 1.06. The average Bonchev–Trinajstić information content (AvgIpc) is 2.40. The van der Waals surface area contributed by atoms with Gasteiger partial charge < -0.3 is 0 Å². The van der Waals surface area contributed by atoms with E-state index in [1.807, 2.05) is 20.8 Å². The maximum absolute atomic E-state index is 4.25. The van der Waals surface area contributed by atoms with Gasteiger partial charge in [-0.2, -0.15) is 0 Å². The summed E-state index contributed by atoms with van der Waals surface area (Å²) in [6, 6.07) is 0. The van der Waals surface area contributed by atoms with Crippen LogP contribution in [0.15, 0.2) is 5.38 Å². The van der Waals surface area contributed by atoms with Gasteiger partial charge in [-0.1, -0.05) is 20.8 Å². The Balaban J connectivity index is 0.000000371. The highest BCUT2D eigenvalue weighted by Gasteiger charge is 1.91.